The summed E-state index contributed by atoms with van der Waals surface area (Å²) in [6.07, 6.45) is 1.70. The number of benzene rings is 1. The highest BCUT2D eigenvalue weighted by molar-refractivity contribution is 6.30. The largest absolute Gasteiger partial charge is 0.489 e. The first-order valence-electron chi connectivity index (χ1n) is 5.86. The first kappa shape index (κ1) is 18.3. The Morgan fingerprint density at radius 3 is 2.74 bits per heavy atom. The van der Waals surface area contributed by atoms with Crippen LogP contribution in [0.1, 0.15) is 19.4 Å². The zero-order valence-corrected chi connectivity index (χ0v) is 12.9. The Morgan fingerprint density at radius 2 is 2.16 bits per heavy atom. The summed E-state index contributed by atoms with van der Waals surface area (Å²) in [4.78, 5) is 0. The number of hydrogen-bond donors (Lipinski definition) is 2. The molecule has 0 unspecified atom stereocenters. The molecular weight excluding hydrogens is 285 g/mol. The number of ether oxygens (including phenoxy) is 1. The van der Waals surface area contributed by atoms with Crippen molar-refractivity contribution in [1.82, 2.24) is 5.32 Å². The molecule has 0 aliphatic carbocycles. The van der Waals surface area contributed by atoms with Crippen LogP contribution in [0.15, 0.2) is 30.9 Å². The van der Waals surface area contributed by atoms with E-state index in [-0.39, 0.29) is 24.6 Å². The summed E-state index contributed by atoms with van der Waals surface area (Å²) in [5.41, 5.74) is 0.628. The van der Waals surface area contributed by atoms with Gasteiger partial charge in [0.1, 0.15) is 12.4 Å². The SMILES string of the molecule is C=CCOc1ccc(Cl)cc1CNC(C)(C)CO.Cl. The summed E-state index contributed by atoms with van der Waals surface area (Å²) >= 11 is 5.98. The second-order valence-electron chi connectivity index (χ2n) is 4.75. The molecule has 3 nitrogen and oxygen atoms in total. The van der Waals surface area contributed by atoms with Gasteiger partial charge in [-0.25, -0.2) is 0 Å². The quantitative estimate of drug-likeness (QED) is 0.760. The summed E-state index contributed by atoms with van der Waals surface area (Å²) < 4.78 is 5.56. The van der Waals surface area contributed by atoms with E-state index in [1.807, 2.05) is 26.0 Å². The topological polar surface area (TPSA) is 41.5 Å². The monoisotopic (exact) mass is 305 g/mol. The van der Waals surface area contributed by atoms with Crippen molar-refractivity contribution in [2.75, 3.05) is 13.2 Å². The Bertz CT molecular complexity index is 408. The maximum atomic E-state index is 9.20. The number of rotatable bonds is 7. The molecule has 1 aromatic rings. The van der Waals surface area contributed by atoms with E-state index in [2.05, 4.69) is 11.9 Å². The molecule has 0 spiro atoms. The molecule has 0 atom stereocenters. The molecule has 1 rings (SSSR count). The lowest BCUT2D eigenvalue weighted by Crippen LogP contribution is -2.42. The lowest BCUT2D eigenvalue weighted by atomic mass is 10.1. The van der Waals surface area contributed by atoms with Crippen LogP contribution < -0.4 is 10.1 Å². The van der Waals surface area contributed by atoms with Crippen LogP contribution in [0.3, 0.4) is 0 Å². The minimum Gasteiger partial charge on any atom is -0.489 e. The molecule has 0 aliphatic rings. The van der Waals surface area contributed by atoms with E-state index in [1.165, 1.54) is 0 Å². The van der Waals surface area contributed by atoms with Crippen LogP contribution in [0.5, 0.6) is 5.75 Å². The van der Waals surface area contributed by atoms with Crippen LogP contribution in [-0.2, 0) is 6.54 Å². The Kier molecular flexibility index (Phi) is 8.11. The lowest BCUT2D eigenvalue weighted by Gasteiger charge is -2.24. The fourth-order valence-electron chi connectivity index (χ4n) is 1.37. The first-order valence-corrected chi connectivity index (χ1v) is 6.24. The number of aliphatic hydroxyl groups is 1. The van der Waals surface area contributed by atoms with Gasteiger partial charge in [-0.15, -0.1) is 12.4 Å². The summed E-state index contributed by atoms with van der Waals surface area (Å²) in [5.74, 6) is 0.778. The maximum Gasteiger partial charge on any atom is 0.124 e. The highest BCUT2D eigenvalue weighted by atomic mass is 35.5. The average molecular weight is 306 g/mol. The number of halogens is 2. The Balaban J connectivity index is 0.00000324. The molecule has 0 aromatic heterocycles. The van der Waals surface area contributed by atoms with Gasteiger partial charge in [0.2, 0.25) is 0 Å². The van der Waals surface area contributed by atoms with Gasteiger partial charge < -0.3 is 15.2 Å². The molecule has 0 saturated carbocycles. The van der Waals surface area contributed by atoms with E-state index in [1.54, 1.807) is 12.1 Å². The Labute approximate surface area is 126 Å². The van der Waals surface area contributed by atoms with Gasteiger partial charge in [-0.05, 0) is 32.0 Å². The summed E-state index contributed by atoms with van der Waals surface area (Å²) in [5, 5.41) is 13.1. The highest BCUT2D eigenvalue weighted by Gasteiger charge is 2.16. The molecule has 0 fully saturated rings. The predicted molar refractivity (Wildman–Crippen MR) is 82.4 cm³/mol. The summed E-state index contributed by atoms with van der Waals surface area (Å²) in [6, 6.07) is 5.50. The van der Waals surface area contributed by atoms with Gasteiger partial charge in [-0.3, -0.25) is 0 Å². The van der Waals surface area contributed by atoms with Crippen LogP contribution in [0.25, 0.3) is 0 Å². The third-order valence-electron chi connectivity index (χ3n) is 2.53. The fourth-order valence-corrected chi connectivity index (χ4v) is 1.56. The van der Waals surface area contributed by atoms with Crippen molar-refractivity contribution in [3.63, 3.8) is 0 Å². The van der Waals surface area contributed by atoms with E-state index in [9.17, 15) is 5.11 Å². The average Bonchev–Trinajstić information content (AvgIpc) is 2.35. The maximum absolute atomic E-state index is 9.20. The standard InChI is InChI=1S/C14H20ClNO2.ClH/c1-4-7-18-13-6-5-12(15)8-11(13)9-16-14(2,3)10-17;/h4-6,8,16-17H,1,7,9-10H2,2-3H3;1H. The molecule has 0 radical (unpaired) electrons. The summed E-state index contributed by atoms with van der Waals surface area (Å²) in [6.45, 7) is 8.59. The van der Waals surface area contributed by atoms with Gasteiger partial charge in [0.05, 0.1) is 6.61 Å². The van der Waals surface area contributed by atoms with Gasteiger partial charge in [0, 0.05) is 22.7 Å². The van der Waals surface area contributed by atoms with E-state index in [0.717, 1.165) is 11.3 Å². The van der Waals surface area contributed by atoms with Crippen molar-refractivity contribution in [3.05, 3.63) is 41.4 Å². The van der Waals surface area contributed by atoms with Crippen molar-refractivity contribution < 1.29 is 9.84 Å². The molecule has 108 valence electrons. The molecule has 0 heterocycles. The smallest absolute Gasteiger partial charge is 0.124 e. The number of hydrogen-bond acceptors (Lipinski definition) is 3. The molecule has 2 N–H and O–H groups in total. The zero-order valence-electron chi connectivity index (χ0n) is 11.3. The Hall–Kier alpha value is -0.740. The second-order valence-corrected chi connectivity index (χ2v) is 5.18. The molecule has 19 heavy (non-hydrogen) atoms. The highest BCUT2D eigenvalue weighted by Crippen LogP contribution is 2.23. The fraction of sp³-hybridized carbons (Fsp3) is 0.429. The van der Waals surface area contributed by atoms with E-state index in [0.29, 0.717) is 18.2 Å². The van der Waals surface area contributed by atoms with Gasteiger partial charge >= 0.3 is 0 Å². The van der Waals surface area contributed by atoms with Crippen molar-refractivity contribution in [2.45, 2.75) is 25.9 Å². The third-order valence-corrected chi connectivity index (χ3v) is 2.77. The molecule has 0 amide bonds. The minimum atomic E-state index is -0.335. The third kappa shape index (κ3) is 6.30. The minimum absolute atomic E-state index is 0. The summed E-state index contributed by atoms with van der Waals surface area (Å²) in [7, 11) is 0. The van der Waals surface area contributed by atoms with Crippen molar-refractivity contribution in [2.24, 2.45) is 0 Å². The molecule has 1 aromatic carbocycles. The lowest BCUT2D eigenvalue weighted by molar-refractivity contribution is 0.187. The van der Waals surface area contributed by atoms with Crippen LogP contribution in [0.2, 0.25) is 5.02 Å². The van der Waals surface area contributed by atoms with Crippen molar-refractivity contribution in [3.8, 4) is 5.75 Å². The Morgan fingerprint density at radius 1 is 1.47 bits per heavy atom. The van der Waals surface area contributed by atoms with E-state index in [4.69, 9.17) is 16.3 Å². The van der Waals surface area contributed by atoms with Crippen LogP contribution in [0.4, 0.5) is 0 Å². The molecular formula is C14H21Cl2NO2. The van der Waals surface area contributed by atoms with E-state index < -0.39 is 0 Å². The van der Waals surface area contributed by atoms with Crippen LogP contribution in [0, 0.1) is 0 Å². The van der Waals surface area contributed by atoms with Crippen LogP contribution >= 0.6 is 24.0 Å². The molecule has 0 saturated heterocycles. The molecule has 0 aliphatic heterocycles. The van der Waals surface area contributed by atoms with Gasteiger partial charge in [-0.2, -0.15) is 0 Å². The normalized spacial score (nSPS) is 10.7. The van der Waals surface area contributed by atoms with Gasteiger partial charge in [0.15, 0.2) is 0 Å². The number of aliphatic hydroxyl groups excluding tert-OH is 1. The molecule has 5 heteroatoms. The number of nitrogens with one attached hydrogen (secondary N) is 1. The first-order chi connectivity index (χ1) is 8.48. The van der Waals surface area contributed by atoms with E-state index >= 15 is 0 Å². The van der Waals surface area contributed by atoms with Gasteiger partial charge in [0.25, 0.3) is 0 Å². The predicted octanol–water partition coefficient (Wildman–Crippen LogP) is 3.19. The second kappa shape index (κ2) is 8.43. The molecule has 0 bridgehead atoms. The zero-order chi connectivity index (χ0) is 13.6. The van der Waals surface area contributed by atoms with Crippen LogP contribution in [-0.4, -0.2) is 23.9 Å². The van der Waals surface area contributed by atoms with Crippen molar-refractivity contribution in [1.29, 1.82) is 0 Å². The van der Waals surface area contributed by atoms with Gasteiger partial charge in [-0.1, -0.05) is 24.3 Å². The van der Waals surface area contributed by atoms with Crippen molar-refractivity contribution >= 4 is 24.0 Å².